The zero-order valence-corrected chi connectivity index (χ0v) is 25.9. The number of primary sulfonamides is 1. The first kappa shape index (κ1) is 31.2. The summed E-state index contributed by atoms with van der Waals surface area (Å²) in [6, 6.07) is 12.5. The molecule has 0 saturated carbocycles. The molecule has 0 bridgehead atoms. The predicted octanol–water partition coefficient (Wildman–Crippen LogP) is 3.51. The fourth-order valence-electron chi connectivity index (χ4n) is 4.97. The second kappa shape index (κ2) is 12.0. The molecular formula is C28H32N8O6S2. The van der Waals surface area contributed by atoms with Crippen LogP contribution in [0.15, 0.2) is 70.6 Å². The monoisotopic (exact) mass is 640 g/mol. The number of hydrogen-bond acceptors (Lipinski definition) is 10. The molecule has 6 N–H and O–H groups in total. The Kier molecular flexibility index (Phi) is 8.55. The molecule has 232 valence electrons. The van der Waals surface area contributed by atoms with Crippen LogP contribution in [0.3, 0.4) is 0 Å². The molecule has 5 rings (SSSR count). The van der Waals surface area contributed by atoms with E-state index in [4.69, 9.17) is 14.9 Å². The van der Waals surface area contributed by atoms with Crippen molar-refractivity contribution in [1.29, 1.82) is 0 Å². The molecule has 2 aromatic carbocycles. The number of nitrogens with zero attached hydrogens (tertiary/aromatic N) is 4. The number of carbonyl (C=O) groups is 1. The Morgan fingerprint density at radius 2 is 1.70 bits per heavy atom. The molecule has 3 atom stereocenters. The van der Waals surface area contributed by atoms with Gasteiger partial charge in [0.2, 0.25) is 10.0 Å². The van der Waals surface area contributed by atoms with E-state index >= 15 is 0 Å². The molecule has 1 amide bonds. The van der Waals surface area contributed by atoms with E-state index in [1.54, 1.807) is 69.1 Å². The minimum atomic E-state index is -3.94. The number of allylic oxidation sites excluding steroid dienone is 1. The highest BCUT2D eigenvalue weighted by Crippen LogP contribution is 2.33. The van der Waals surface area contributed by atoms with Crippen molar-refractivity contribution in [1.82, 2.24) is 14.9 Å². The summed E-state index contributed by atoms with van der Waals surface area (Å²) < 4.78 is 52.8. The van der Waals surface area contributed by atoms with Crippen molar-refractivity contribution in [3.8, 4) is 0 Å². The third-order valence-electron chi connectivity index (χ3n) is 7.17. The third-order valence-corrected chi connectivity index (χ3v) is 8.49. The molecule has 0 radical (unpaired) electrons. The summed E-state index contributed by atoms with van der Waals surface area (Å²) in [6.45, 7) is 5.26. The molecule has 2 heterocycles. The maximum Gasteiger partial charge on any atom is 0.259 e. The number of anilines is 5. The molecule has 2 aliphatic rings. The van der Waals surface area contributed by atoms with Gasteiger partial charge in [0.1, 0.15) is 17.2 Å². The smallest absolute Gasteiger partial charge is 0.259 e. The van der Waals surface area contributed by atoms with Crippen molar-refractivity contribution in [2.45, 2.75) is 49.8 Å². The zero-order valence-electron chi connectivity index (χ0n) is 24.3. The van der Waals surface area contributed by atoms with Gasteiger partial charge in [0.25, 0.3) is 23.1 Å². The number of nitrogens with one attached hydrogen (secondary N) is 3. The standard InChI is InChI=1S/C28H32N8O6S2/c1-16-24(30-17-7-5-9-20(13-17)35-43(38)39)33-27(34-25(16)31-18-8-6-10-21(14-18)44(29,40)41)32-19-11-12-23-22(15-19)36(4)26(37)28(2,3)42-23/h5-14,22-23,35H,15H2,1-4H3,(H,38,39)(H2,29,40,41)(H2,30,31,33,34). The van der Waals surface area contributed by atoms with Gasteiger partial charge in [-0.3, -0.25) is 14.1 Å². The van der Waals surface area contributed by atoms with Gasteiger partial charge in [-0.15, -0.1) is 0 Å². The SMILES string of the molecule is Cc1c(Nc2cccc(NS(=O)O)c2)nc(N=C2C=CC3OC(C)(C)C(=O)N(C)C3C2)nc1Nc1cccc(S(N)(=O)=O)c1. The van der Waals surface area contributed by atoms with Gasteiger partial charge in [0, 0.05) is 36.1 Å². The van der Waals surface area contributed by atoms with E-state index in [0.717, 1.165) is 0 Å². The van der Waals surface area contributed by atoms with Gasteiger partial charge in [-0.2, -0.15) is 9.97 Å². The Morgan fingerprint density at radius 1 is 1.09 bits per heavy atom. The summed E-state index contributed by atoms with van der Waals surface area (Å²) in [5, 5.41) is 11.7. The van der Waals surface area contributed by atoms with Crippen LogP contribution in [0.5, 0.6) is 0 Å². The second-order valence-electron chi connectivity index (χ2n) is 10.8. The van der Waals surface area contributed by atoms with Crippen molar-refractivity contribution in [3.63, 3.8) is 0 Å². The van der Waals surface area contributed by atoms with Gasteiger partial charge >= 0.3 is 0 Å². The Hall–Kier alpha value is -4.22. The second-order valence-corrected chi connectivity index (χ2v) is 13.1. The summed E-state index contributed by atoms with van der Waals surface area (Å²) >= 11 is -2.25. The summed E-state index contributed by atoms with van der Waals surface area (Å²) in [7, 11) is -2.19. The minimum absolute atomic E-state index is 0.0722. The number of hydrogen-bond donors (Lipinski definition) is 5. The van der Waals surface area contributed by atoms with Crippen molar-refractivity contribution in [3.05, 3.63) is 66.2 Å². The van der Waals surface area contributed by atoms with E-state index in [0.29, 0.717) is 46.4 Å². The number of morpholine rings is 1. The summed E-state index contributed by atoms with van der Waals surface area (Å²) in [6.07, 6.45) is 3.81. The number of sulfonamides is 1. The lowest BCUT2D eigenvalue weighted by molar-refractivity contribution is -0.180. The average Bonchev–Trinajstić information content (AvgIpc) is 2.94. The molecular weight excluding hydrogens is 608 g/mol. The number of ether oxygens (including phenoxy) is 1. The highest BCUT2D eigenvalue weighted by atomic mass is 32.2. The first-order chi connectivity index (χ1) is 20.7. The maximum absolute atomic E-state index is 12.8. The van der Waals surface area contributed by atoms with Crippen LogP contribution in [-0.4, -0.2) is 68.5 Å². The van der Waals surface area contributed by atoms with Crippen LogP contribution in [0.25, 0.3) is 0 Å². The van der Waals surface area contributed by atoms with Crippen LogP contribution in [0.2, 0.25) is 0 Å². The minimum Gasteiger partial charge on any atom is -0.356 e. The Bertz CT molecular complexity index is 1810. The first-order valence-corrected chi connectivity index (χ1v) is 16.1. The fourth-order valence-corrected chi connectivity index (χ4v) is 5.86. The van der Waals surface area contributed by atoms with Gasteiger partial charge in [0.15, 0.2) is 0 Å². The molecule has 3 unspecified atom stereocenters. The van der Waals surface area contributed by atoms with Crippen LogP contribution < -0.4 is 20.5 Å². The maximum atomic E-state index is 12.8. The normalized spacial score (nSPS) is 21.1. The summed E-state index contributed by atoms with van der Waals surface area (Å²) in [4.78, 5) is 28.4. The number of fused-ring (bicyclic) bond motifs is 1. The van der Waals surface area contributed by atoms with Crippen LogP contribution >= 0.6 is 0 Å². The van der Waals surface area contributed by atoms with Gasteiger partial charge in [-0.05, 0) is 63.2 Å². The van der Waals surface area contributed by atoms with E-state index in [2.05, 4.69) is 25.3 Å². The summed E-state index contributed by atoms with van der Waals surface area (Å²) in [5.41, 5.74) is 1.65. The Balaban J connectivity index is 1.53. The number of aromatic nitrogens is 2. The number of likely N-dealkylation sites (N-methyl/N-ethyl adjacent to an activating group) is 1. The Labute approximate surface area is 257 Å². The number of carbonyl (C=O) groups excluding carboxylic acids is 1. The quantitative estimate of drug-likeness (QED) is 0.227. The van der Waals surface area contributed by atoms with Gasteiger partial charge in [-0.1, -0.05) is 18.2 Å². The van der Waals surface area contributed by atoms with Crippen LogP contribution in [0.1, 0.15) is 25.8 Å². The number of benzene rings is 2. The number of nitrogens with two attached hydrogens (primary N) is 1. The van der Waals surface area contributed by atoms with Gasteiger partial charge in [0.05, 0.1) is 22.7 Å². The molecule has 16 heteroatoms. The molecule has 1 aliphatic carbocycles. The number of amides is 1. The molecule has 1 aromatic heterocycles. The van der Waals surface area contributed by atoms with E-state index in [1.165, 1.54) is 12.1 Å². The van der Waals surface area contributed by atoms with Crippen molar-refractivity contribution in [2.24, 2.45) is 10.1 Å². The van der Waals surface area contributed by atoms with E-state index < -0.39 is 26.9 Å². The molecule has 1 fully saturated rings. The van der Waals surface area contributed by atoms with Crippen LogP contribution in [0.4, 0.5) is 34.6 Å². The van der Waals surface area contributed by atoms with E-state index in [9.17, 15) is 22.0 Å². The summed E-state index contributed by atoms with van der Waals surface area (Å²) in [5.74, 6) is 0.686. The van der Waals surface area contributed by atoms with Gasteiger partial charge < -0.3 is 20.3 Å². The van der Waals surface area contributed by atoms with Crippen LogP contribution in [0, 0.1) is 6.92 Å². The molecule has 1 saturated heterocycles. The van der Waals surface area contributed by atoms with Crippen molar-refractivity contribution < 1.29 is 26.7 Å². The number of rotatable bonds is 8. The Morgan fingerprint density at radius 3 is 2.34 bits per heavy atom. The van der Waals surface area contributed by atoms with E-state index in [1.807, 2.05) is 12.2 Å². The fraction of sp³-hybridized carbons (Fsp3) is 0.286. The molecule has 1 aliphatic heterocycles. The van der Waals surface area contributed by atoms with Crippen LogP contribution in [-0.2, 0) is 30.8 Å². The zero-order chi connectivity index (χ0) is 31.8. The first-order valence-electron chi connectivity index (χ1n) is 13.4. The molecule has 44 heavy (non-hydrogen) atoms. The number of aliphatic imine (C=N–C) groups is 1. The molecule has 14 nitrogen and oxygen atoms in total. The molecule has 0 spiro atoms. The van der Waals surface area contributed by atoms with Gasteiger partial charge in [-0.25, -0.2) is 22.8 Å². The largest absolute Gasteiger partial charge is 0.356 e. The predicted molar refractivity (Wildman–Crippen MR) is 168 cm³/mol. The van der Waals surface area contributed by atoms with E-state index in [-0.39, 0.29) is 28.9 Å². The highest BCUT2D eigenvalue weighted by molar-refractivity contribution is 7.89. The average molecular weight is 641 g/mol. The highest BCUT2D eigenvalue weighted by Gasteiger charge is 2.46. The lowest BCUT2D eigenvalue weighted by Crippen LogP contribution is -2.61. The lowest BCUT2D eigenvalue weighted by atomic mass is 9.91. The van der Waals surface area contributed by atoms with Crippen molar-refractivity contribution in [2.75, 3.05) is 22.4 Å². The topological polar surface area (TPSA) is 201 Å². The molecule has 3 aromatic rings. The third kappa shape index (κ3) is 6.95. The van der Waals surface area contributed by atoms with Crippen molar-refractivity contribution >= 4 is 67.6 Å². The lowest BCUT2D eigenvalue weighted by Gasteiger charge is -2.46.